The summed E-state index contributed by atoms with van der Waals surface area (Å²) in [5.41, 5.74) is 0. The highest BCUT2D eigenvalue weighted by Crippen LogP contribution is 2.35. The molecule has 0 radical (unpaired) electrons. The van der Waals surface area contributed by atoms with E-state index in [1.807, 2.05) is 0 Å². The Hall–Kier alpha value is -0.160. The third kappa shape index (κ3) is 3.13. The van der Waals surface area contributed by atoms with Crippen LogP contribution in [0.25, 0.3) is 0 Å². The predicted molar refractivity (Wildman–Crippen MR) is 73.0 cm³/mol. The van der Waals surface area contributed by atoms with E-state index in [0.29, 0.717) is 18.1 Å². The van der Waals surface area contributed by atoms with Crippen molar-refractivity contribution in [3.63, 3.8) is 0 Å². The van der Waals surface area contributed by atoms with Gasteiger partial charge in [-0.1, -0.05) is 6.92 Å². The minimum Gasteiger partial charge on any atom is -0.378 e. The molecule has 3 rings (SSSR count). The van der Waals surface area contributed by atoms with E-state index in [4.69, 9.17) is 14.2 Å². The van der Waals surface area contributed by atoms with Gasteiger partial charge in [-0.25, -0.2) is 0 Å². The lowest BCUT2D eigenvalue weighted by atomic mass is 9.89. The maximum Gasteiger partial charge on any atom is 0.168 e. The topological polar surface area (TPSA) is 39.7 Å². The first-order valence-electron chi connectivity index (χ1n) is 7.94. The van der Waals surface area contributed by atoms with Crippen LogP contribution < -0.4 is 5.32 Å². The second kappa shape index (κ2) is 6.08. The molecular formula is C15H27NO3. The van der Waals surface area contributed by atoms with Gasteiger partial charge < -0.3 is 19.5 Å². The number of ether oxygens (including phenoxy) is 3. The molecule has 1 saturated carbocycles. The van der Waals surface area contributed by atoms with E-state index >= 15 is 0 Å². The summed E-state index contributed by atoms with van der Waals surface area (Å²) < 4.78 is 17.3. The van der Waals surface area contributed by atoms with Gasteiger partial charge in [-0.3, -0.25) is 0 Å². The van der Waals surface area contributed by atoms with Crippen molar-refractivity contribution in [1.82, 2.24) is 5.32 Å². The van der Waals surface area contributed by atoms with Crippen molar-refractivity contribution in [2.75, 3.05) is 26.4 Å². The Kier molecular flexibility index (Phi) is 4.42. The fourth-order valence-corrected chi connectivity index (χ4v) is 3.74. The highest BCUT2D eigenvalue weighted by Gasteiger charge is 2.40. The van der Waals surface area contributed by atoms with E-state index in [2.05, 4.69) is 12.2 Å². The molecule has 2 heterocycles. The van der Waals surface area contributed by atoms with E-state index < -0.39 is 0 Å². The van der Waals surface area contributed by atoms with Gasteiger partial charge >= 0.3 is 0 Å². The third-order valence-corrected chi connectivity index (χ3v) is 4.98. The van der Waals surface area contributed by atoms with Crippen LogP contribution in [0.2, 0.25) is 0 Å². The molecule has 19 heavy (non-hydrogen) atoms. The molecule has 1 aliphatic carbocycles. The monoisotopic (exact) mass is 269 g/mol. The summed E-state index contributed by atoms with van der Waals surface area (Å²) in [4.78, 5) is 0. The average Bonchev–Trinajstić information content (AvgIpc) is 3.07. The van der Waals surface area contributed by atoms with Crippen LogP contribution in [-0.2, 0) is 14.2 Å². The standard InChI is InChI=1S/C15H27NO3/c1-2-14-12(5-8-17-14)11-16-13-3-6-15(7-4-13)18-9-10-19-15/h12-14,16H,2-11H2,1H3. The molecule has 0 aromatic carbocycles. The lowest BCUT2D eigenvalue weighted by molar-refractivity contribution is -0.179. The molecule has 110 valence electrons. The Bertz CT molecular complexity index is 281. The van der Waals surface area contributed by atoms with Gasteiger partial charge in [0, 0.05) is 32.0 Å². The molecular weight excluding hydrogens is 242 g/mol. The second-order valence-corrected chi connectivity index (χ2v) is 6.16. The lowest BCUT2D eigenvalue weighted by Gasteiger charge is -2.36. The van der Waals surface area contributed by atoms with Crippen molar-refractivity contribution in [3.8, 4) is 0 Å². The van der Waals surface area contributed by atoms with Crippen LogP contribution in [0.15, 0.2) is 0 Å². The summed E-state index contributed by atoms with van der Waals surface area (Å²) in [6.07, 6.45) is 7.26. The van der Waals surface area contributed by atoms with Crippen LogP contribution in [0, 0.1) is 5.92 Å². The Morgan fingerprint density at radius 3 is 2.47 bits per heavy atom. The van der Waals surface area contributed by atoms with Crippen molar-refractivity contribution < 1.29 is 14.2 Å². The molecule has 2 unspecified atom stereocenters. The number of nitrogens with one attached hydrogen (secondary N) is 1. The van der Waals surface area contributed by atoms with Crippen molar-refractivity contribution in [3.05, 3.63) is 0 Å². The molecule has 2 atom stereocenters. The summed E-state index contributed by atoms with van der Waals surface area (Å²) in [7, 11) is 0. The van der Waals surface area contributed by atoms with Crippen molar-refractivity contribution in [2.45, 2.75) is 63.4 Å². The first-order valence-corrected chi connectivity index (χ1v) is 7.94. The van der Waals surface area contributed by atoms with Gasteiger partial charge in [0.1, 0.15) is 0 Å². The van der Waals surface area contributed by atoms with Gasteiger partial charge in [0.05, 0.1) is 19.3 Å². The maximum absolute atomic E-state index is 5.77. The molecule has 0 aromatic rings. The third-order valence-electron chi connectivity index (χ3n) is 4.98. The highest BCUT2D eigenvalue weighted by atomic mass is 16.7. The van der Waals surface area contributed by atoms with E-state index in [-0.39, 0.29) is 5.79 Å². The second-order valence-electron chi connectivity index (χ2n) is 6.16. The van der Waals surface area contributed by atoms with E-state index in [1.165, 1.54) is 19.3 Å². The number of hydrogen-bond donors (Lipinski definition) is 1. The number of rotatable bonds is 4. The molecule has 0 bridgehead atoms. The zero-order chi connectivity index (χ0) is 13.1. The molecule has 0 amide bonds. The quantitative estimate of drug-likeness (QED) is 0.848. The minimum atomic E-state index is -0.222. The first-order chi connectivity index (χ1) is 9.31. The first kappa shape index (κ1) is 13.8. The molecule has 1 spiro atoms. The van der Waals surface area contributed by atoms with E-state index in [0.717, 1.165) is 45.6 Å². The van der Waals surface area contributed by atoms with Crippen LogP contribution >= 0.6 is 0 Å². The Morgan fingerprint density at radius 1 is 1.05 bits per heavy atom. The molecule has 4 nitrogen and oxygen atoms in total. The molecule has 3 fully saturated rings. The van der Waals surface area contributed by atoms with E-state index in [1.54, 1.807) is 0 Å². The van der Waals surface area contributed by atoms with Crippen LogP contribution in [-0.4, -0.2) is 44.3 Å². The molecule has 0 aromatic heterocycles. The molecule has 2 saturated heterocycles. The van der Waals surface area contributed by atoms with Gasteiger partial charge in [-0.15, -0.1) is 0 Å². The van der Waals surface area contributed by atoms with Gasteiger partial charge in [0.15, 0.2) is 5.79 Å². The maximum atomic E-state index is 5.77. The predicted octanol–water partition coefficient (Wildman–Crippen LogP) is 2.08. The van der Waals surface area contributed by atoms with Crippen molar-refractivity contribution in [1.29, 1.82) is 0 Å². The van der Waals surface area contributed by atoms with Crippen molar-refractivity contribution >= 4 is 0 Å². The zero-order valence-electron chi connectivity index (χ0n) is 12.0. The van der Waals surface area contributed by atoms with Crippen LogP contribution in [0.3, 0.4) is 0 Å². The normalized spacial score (nSPS) is 35.2. The smallest absolute Gasteiger partial charge is 0.168 e. The highest BCUT2D eigenvalue weighted by molar-refractivity contribution is 4.87. The summed E-state index contributed by atoms with van der Waals surface area (Å²) >= 11 is 0. The zero-order valence-corrected chi connectivity index (χ0v) is 12.0. The Labute approximate surface area is 116 Å². The Morgan fingerprint density at radius 2 is 1.79 bits per heavy atom. The minimum absolute atomic E-state index is 0.222. The largest absolute Gasteiger partial charge is 0.378 e. The summed E-state index contributed by atoms with van der Waals surface area (Å²) in [6.45, 7) is 5.83. The summed E-state index contributed by atoms with van der Waals surface area (Å²) in [5, 5.41) is 3.74. The lowest BCUT2D eigenvalue weighted by Crippen LogP contribution is -2.43. The fraction of sp³-hybridized carbons (Fsp3) is 1.00. The molecule has 1 N–H and O–H groups in total. The fourth-order valence-electron chi connectivity index (χ4n) is 3.74. The van der Waals surface area contributed by atoms with Gasteiger partial charge in [0.2, 0.25) is 0 Å². The van der Waals surface area contributed by atoms with Crippen molar-refractivity contribution in [2.24, 2.45) is 5.92 Å². The Balaban J connectivity index is 1.40. The summed E-state index contributed by atoms with van der Waals surface area (Å²) in [6, 6.07) is 0.636. The molecule has 4 heteroatoms. The van der Waals surface area contributed by atoms with Gasteiger partial charge in [-0.05, 0) is 31.6 Å². The SMILES string of the molecule is CCC1OCCC1CNC1CCC2(CC1)OCCO2. The molecule has 2 aliphatic heterocycles. The van der Waals surface area contributed by atoms with Crippen LogP contribution in [0.5, 0.6) is 0 Å². The van der Waals surface area contributed by atoms with Crippen LogP contribution in [0.4, 0.5) is 0 Å². The average molecular weight is 269 g/mol. The van der Waals surface area contributed by atoms with Gasteiger partial charge in [0.25, 0.3) is 0 Å². The summed E-state index contributed by atoms with van der Waals surface area (Å²) in [5.74, 6) is 0.487. The van der Waals surface area contributed by atoms with Gasteiger partial charge in [-0.2, -0.15) is 0 Å². The van der Waals surface area contributed by atoms with Crippen LogP contribution in [0.1, 0.15) is 45.4 Å². The van der Waals surface area contributed by atoms with E-state index in [9.17, 15) is 0 Å². The molecule has 3 aliphatic rings. The number of hydrogen-bond acceptors (Lipinski definition) is 4.